The Morgan fingerprint density at radius 3 is 2.45 bits per heavy atom. The SMILES string of the molecule is O=C(O)CC(NS(=O)(=O)c1cc(F)ccc1Cl)C(=O)O. The molecule has 0 aliphatic carbocycles. The summed E-state index contributed by atoms with van der Waals surface area (Å²) in [6, 6.07) is 0.618. The lowest BCUT2D eigenvalue weighted by molar-refractivity contribution is -0.145. The van der Waals surface area contributed by atoms with Crippen molar-refractivity contribution in [2.24, 2.45) is 0 Å². The van der Waals surface area contributed by atoms with Gasteiger partial charge in [-0.05, 0) is 18.2 Å². The Labute approximate surface area is 118 Å². The van der Waals surface area contributed by atoms with Gasteiger partial charge >= 0.3 is 11.9 Å². The second-order valence-electron chi connectivity index (χ2n) is 3.68. The van der Waals surface area contributed by atoms with Gasteiger partial charge in [0.2, 0.25) is 10.0 Å². The third-order valence-corrected chi connectivity index (χ3v) is 4.11. The fraction of sp³-hybridized carbons (Fsp3) is 0.200. The maximum Gasteiger partial charge on any atom is 0.322 e. The minimum absolute atomic E-state index is 0.321. The Bertz CT molecular complexity index is 647. The van der Waals surface area contributed by atoms with Crippen LogP contribution in [0.5, 0.6) is 0 Å². The van der Waals surface area contributed by atoms with E-state index in [2.05, 4.69) is 0 Å². The summed E-state index contributed by atoms with van der Waals surface area (Å²) in [5, 5.41) is 17.0. The van der Waals surface area contributed by atoms with E-state index in [0.717, 1.165) is 12.1 Å². The quantitative estimate of drug-likeness (QED) is 0.707. The fourth-order valence-corrected chi connectivity index (χ4v) is 2.99. The van der Waals surface area contributed by atoms with Crippen LogP contribution in [0.1, 0.15) is 6.42 Å². The molecule has 0 aromatic heterocycles. The first kappa shape index (κ1) is 16.3. The van der Waals surface area contributed by atoms with Gasteiger partial charge in [-0.1, -0.05) is 11.6 Å². The number of carboxylic acid groups (broad SMARTS) is 2. The predicted molar refractivity (Wildman–Crippen MR) is 65.4 cm³/mol. The smallest absolute Gasteiger partial charge is 0.322 e. The summed E-state index contributed by atoms with van der Waals surface area (Å²) in [5.41, 5.74) is 0. The molecule has 1 unspecified atom stereocenters. The van der Waals surface area contributed by atoms with E-state index in [4.69, 9.17) is 21.8 Å². The summed E-state index contributed by atoms with van der Waals surface area (Å²) in [7, 11) is -4.47. The van der Waals surface area contributed by atoms with Crippen LogP contribution in [0, 0.1) is 5.82 Å². The minimum atomic E-state index is -4.47. The summed E-state index contributed by atoms with van der Waals surface area (Å²) in [6.07, 6.45) is -0.971. The van der Waals surface area contributed by atoms with Crippen LogP contribution >= 0.6 is 11.6 Å². The highest BCUT2D eigenvalue weighted by atomic mass is 35.5. The normalized spacial score (nSPS) is 12.9. The molecule has 1 aromatic rings. The summed E-state index contributed by atoms with van der Waals surface area (Å²) in [5.74, 6) is -4.08. The largest absolute Gasteiger partial charge is 0.481 e. The molecule has 3 N–H and O–H groups in total. The van der Waals surface area contributed by atoms with Gasteiger partial charge in [0, 0.05) is 0 Å². The molecule has 0 aliphatic heterocycles. The molecule has 110 valence electrons. The van der Waals surface area contributed by atoms with E-state index in [1.54, 1.807) is 4.72 Å². The number of nitrogens with one attached hydrogen (secondary N) is 1. The predicted octanol–water partition coefficient (Wildman–Crippen LogP) is 0.685. The van der Waals surface area contributed by atoms with Gasteiger partial charge in [-0.3, -0.25) is 9.59 Å². The van der Waals surface area contributed by atoms with Gasteiger partial charge in [0.25, 0.3) is 0 Å². The van der Waals surface area contributed by atoms with E-state index in [1.165, 1.54) is 0 Å². The van der Waals surface area contributed by atoms with Crippen molar-refractivity contribution < 1.29 is 32.6 Å². The average Bonchev–Trinajstić information content (AvgIpc) is 2.30. The maximum absolute atomic E-state index is 13.0. The first-order valence-corrected chi connectivity index (χ1v) is 6.91. The van der Waals surface area contributed by atoms with Crippen molar-refractivity contribution in [1.29, 1.82) is 0 Å². The zero-order valence-electron chi connectivity index (χ0n) is 9.71. The van der Waals surface area contributed by atoms with Gasteiger partial charge in [0.15, 0.2) is 0 Å². The van der Waals surface area contributed by atoms with Crippen molar-refractivity contribution in [3.8, 4) is 0 Å². The van der Waals surface area contributed by atoms with Crippen molar-refractivity contribution in [1.82, 2.24) is 4.72 Å². The topological polar surface area (TPSA) is 121 Å². The number of aliphatic carboxylic acids is 2. The molecule has 1 aromatic carbocycles. The van der Waals surface area contributed by atoms with E-state index in [9.17, 15) is 22.4 Å². The van der Waals surface area contributed by atoms with Crippen LogP contribution in [0.4, 0.5) is 4.39 Å². The molecule has 7 nitrogen and oxygen atoms in total. The lowest BCUT2D eigenvalue weighted by Gasteiger charge is -2.13. The number of benzene rings is 1. The van der Waals surface area contributed by atoms with E-state index < -0.39 is 45.1 Å². The summed E-state index contributed by atoms with van der Waals surface area (Å²) in [4.78, 5) is 20.6. The van der Waals surface area contributed by atoms with Crippen molar-refractivity contribution in [3.63, 3.8) is 0 Å². The summed E-state index contributed by atoms with van der Waals surface area (Å²) < 4.78 is 38.4. The Hall–Kier alpha value is -1.71. The summed E-state index contributed by atoms with van der Waals surface area (Å²) >= 11 is 5.60. The zero-order valence-corrected chi connectivity index (χ0v) is 11.3. The number of hydrogen-bond donors (Lipinski definition) is 3. The maximum atomic E-state index is 13.0. The minimum Gasteiger partial charge on any atom is -0.481 e. The molecule has 0 radical (unpaired) electrons. The number of halogens is 2. The molecule has 0 aliphatic rings. The number of hydrogen-bond acceptors (Lipinski definition) is 4. The molecule has 0 amide bonds. The monoisotopic (exact) mass is 325 g/mol. The van der Waals surface area contributed by atoms with E-state index in [0.29, 0.717) is 6.07 Å². The zero-order chi connectivity index (χ0) is 15.5. The van der Waals surface area contributed by atoms with E-state index in [-0.39, 0.29) is 5.02 Å². The fourth-order valence-electron chi connectivity index (χ4n) is 1.29. The van der Waals surface area contributed by atoms with Gasteiger partial charge in [-0.25, -0.2) is 12.8 Å². The van der Waals surface area contributed by atoms with Crippen molar-refractivity contribution in [3.05, 3.63) is 29.0 Å². The number of sulfonamides is 1. The van der Waals surface area contributed by atoms with E-state index in [1.807, 2.05) is 0 Å². The van der Waals surface area contributed by atoms with Crippen LogP contribution in [-0.4, -0.2) is 36.6 Å². The van der Waals surface area contributed by atoms with Crippen LogP contribution in [0.25, 0.3) is 0 Å². The van der Waals surface area contributed by atoms with Crippen LogP contribution < -0.4 is 4.72 Å². The molecule has 1 rings (SSSR count). The molecule has 0 saturated heterocycles. The Morgan fingerprint density at radius 2 is 1.95 bits per heavy atom. The van der Waals surface area contributed by atoms with Crippen LogP contribution in [-0.2, 0) is 19.6 Å². The molecule has 0 spiro atoms. The Kier molecular flexibility index (Phi) is 5.03. The number of carboxylic acids is 2. The first-order valence-electron chi connectivity index (χ1n) is 5.05. The first-order chi connectivity index (χ1) is 9.13. The van der Waals surface area contributed by atoms with E-state index >= 15 is 0 Å². The van der Waals surface area contributed by atoms with Gasteiger partial charge in [-0.15, -0.1) is 0 Å². The molecular formula is C10H9ClFNO6S. The Morgan fingerprint density at radius 1 is 1.35 bits per heavy atom. The van der Waals surface area contributed by atoms with Crippen molar-refractivity contribution in [2.75, 3.05) is 0 Å². The Balaban J connectivity index is 3.12. The average molecular weight is 326 g/mol. The molecule has 0 fully saturated rings. The third kappa shape index (κ3) is 4.15. The van der Waals surface area contributed by atoms with Crippen molar-refractivity contribution in [2.45, 2.75) is 17.4 Å². The summed E-state index contributed by atoms with van der Waals surface area (Å²) in [6.45, 7) is 0. The molecule has 0 bridgehead atoms. The van der Waals surface area contributed by atoms with Gasteiger partial charge in [-0.2, -0.15) is 4.72 Å². The van der Waals surface area contributed by atoms with Crippen LogP contribution in [0.3, 0.4) is 0 Å². The van der Waals surface area contributed by atoms with Gasteiger partial charge < -0.3 is 10.2 Å². The van der Waals surface area contributed by atoms with Crippen molar-refractivity contribution >= 4 is 33.6 Å². The van der Waals surface area contributed by atoms with Gasteiger partial charge in [0.05, 0.1) is 11.4 Å². The standard InChI is InChI=1S/C10H9ClFNO6S/c11-6-2-1-5(12)3-8(6)20(18,19)13-7(10(16)17)4-9(14)15/h1-3,7,13H,4H2,(H,14,15)(H,16,17). The lowest BCUT2D eigenvalue weighted by Crippen LogP contribution is -2.42. The third-order valence-electron chi connectivity index (χ3n) is 2.16. The molecule has 1 atom stereocenters. The van der Waals surface area contributed by atoms with Crippen LogP contribution in [0.2, 0.25) is 5.02 Å². The van der Waals surface area contributed by atoms with Gasteiger partial charge in [0.1, 0.15) is 16.8 Å². The highest BCUT2D eigenvalue weighted by Crippen LogP contribution is 2.22. The second kappa shape index (κ2) is 6.16. The molecule has 0 saturated carbocycles. The molecule has 0 heterocycles. The highest BCUT2D eigenvalue weighted by molar-refractivity contribution is 7.89. The second-order valence-corrected chi connectivity index (χ2v) is 5.77. The molecular weight excluding hydrogens is 317 g/mol. The highest BCUT2D eigenvalue weighted by Gasteiger charge is 2.29. The molecule has 10 heteroatoms. The number of carbonyl (C=O) groups is 2. The number of rotatable bonds is 6. The van der Waals surface area contributed by atoms with Crippen LogP contribution in [0.15, 0.2) is 23.1 Å². The lowest BCUT2D eigenvalue weighted by atomic mass is 10.2. The molecule has 20 heavy (non-hydrogen) atoms.